The molecule has 0 aliphatic heterocycles. The molecular weight excluding hydrogens is 306 g/mol. The fourth-order valence-corrected chi connectivity index (χ4v) is 0. The molecule has 0 amide bonds. The van der Waals surface area contributed by atoms with Crippen molar-refractivity contribution in [1.29, 1.82) is 0 Å². The van der Waals surface area contributed by atoms with E-state index in [1.807, 2.05) is 0 Å². The zero-order valence-electron chi connectivity index (χ0n) is 2.42. The predicted molar refractivity (Wildman–Crippen MR) is 12.1 cm³/mol. The topological polar surface area (TPSA) is 54.4 Å². The molecule has 30 valence electrons. The van der Waals surface area contributed by atoms with Gasteiger partial charge in [0.2, 0.25) is 0 Å². The van der Waals surface area contributed by atoms with E-state index in [9.17, 15) is 0 Å². The van der Waals surface area contributed by atoms with E-state index in [1.54, 1.807) is 0 Å². The van der Waals surface area contributed by atoms with Crippen molar-refractivity contribution in [2.45, 2.75) is 0 Å². The Morgan fingerprint density at radius 2 is 1.40 bits per heavy atom. The molecule has 2 radical (unpaired) electrons. The van der Waals surface area contributed by atoms with Crippen molar-refractivity contribution in [1.82, 2.24) is 0 Å². The van der Waals surface area contributed by atoms with Crippen LogP contribution < -0.4 is 0 Å². The van der Waals surface area contributed by atoms with Crippen molar-refractivity contribution in [3.05, 3.63) is 0 Å². The summed E-state index contributed by atoms with van der Waals surface area (Å²) >= 11 is -3.69. The van der Waals surface area contributed by atoms with E-state index in [4.69, 9.17) is 11.4 Å². The molecule has 0 rings (SSSR count). The molecule has 0 unspecified atom stereocenters. The third-order valence-electron chi connectivity index (χ3n) is 0. The van der Waals surface area contributed by atoms with Gasteiger partial charge in [-0.15, -0.1) is 0 Å². The molecule has 0 aliphatic carbocycles. The fourth-order valence-electron chi connectivity index (χ4n) is 0. The van der Waals surface area contributed by atoms with Crippen molar-refractivity contribution >= 4 is 27.3 Å². The summed E-state index contributed by atoms with van der Waals surface area (Å²) < 4.78 is 24.4. The van der Waals surface area contributed by atoms with Gasteiger partial charge in [0, 0.05) is 0 Å². The van der Waals surface area contributed by atoms with E-state index in [-0.39, 0.29) is 27.3 Å². The van der Waals surface area contributed by atoms with Crippen LogP contribution in [0.2, 0.25) is 0 Å². The first-order valence-corrected chi connectivity index (χ1v) is 2.33. The monoisotopic (exact) mass is 310 g/mol. The maximum atomic E-state index is 8.67. The Kier molecular flexibility index (Phi) is 9.54. The first-order valence-electron chi connectivity index (χ1n) is 0.565. The number of rotatable bonds is 0. The molecule has 5 heteroatoms. The van der Waals surface area contributed by atoms with Crippen LogP contribution in [0.15, 0.2) is 0 Å². The average Bonchev–Trinajstić information content (AvgIpc) is 0.811. The molecule has 3 nitrogen and oxygen atoms in total. The molecule has 1 N–H and O–H groups in total. The van der Waals surface area contributed by atoms with Gasteiger partial charge in [0.25, 0.3) is 0 Å². The molecule has 0 fully saturated rings. The zero-order chi connectivity index (χ0) is 3.58. The summed E-state index contributed by atoms with van der Waals surface area (Å²) in [5.41, 5.74) is 0. The van der Waals surface area contributed by atoms with E-state index < -0.39 is 15.4 Å². The molecule has 0 aromatic rings. The summed E-state index contributed by atoms with van der Waals surface area (Å²) in [6.45, 7) is 0. The summed E-state index contributed by atoms with van der Waals surface area (Å²) in [5, 5.41) is 0. The molecule has 0 heterocycles. The van der Waals surface area contributed by atoms with Gasteiger partial charge < -0.3 is 0 Å². The van der Waals surface area contributed by atoms with Crippen molar-refractivity contribution in [3.63, 3.8) is 0 Å². The Morgan fingerprint density at radius 1 is 1.40 bits per heavy atom. The Bertz CT molecular complexity index is 55.3. The second-order valence-electron chi connectivity index (χ2n) is 0.238. The Labute approximate surface area is 53.9 Å². The van der Waals surface area contributed by atoms with Gasteiger partial charge in [-0.25, -0.2) is 0 Å². The SMILES string of the molecule is [O]=[V](=[O])[OH].[PbH2]. The van der Waals surface area contributed by atoms with E-state index in [0.29, 0.717) is 0 Å². The molecular formula is H3O3PbV. The molecule has 0 aromatic carbocycles. The van der Waals surface area contributed by atoms with Crippen LogP contribution in [0.25, 0.3) is 0 Å². The van der Waals surface area contributed by atoms with Gasteiger partial charge in [-0.2, -0.15) is 0 Å². The quantitative estimate of drug-likeness (QED) is 0.542. The number of hydrogen-bond donors (Lipinski definition) is 1. The standard InChI is InChI=1S/H2O.2O.Pb.V.2H/h1H2;;;;;;/q;;;;+1;;/p-1. The maximum absolute atomic E-state index is 8.67. The van der Waals surface area contributed by atoms with E-state index in [1.165, 1.54) is 0 Å². The van der Waals surface area contributed by atoms with Crippen molar-refractivity contribution in [3.8, 4) is 0 Å². The summed E-state index contributed by atoms with van der Waals surface area (Å²) in [6, 6.07) is 0. The third-order valence-corrected chi connectivity index (χ3v) is 0. The van der Waals surface area contributed by atoms with Gasteiger partial charge in [0.05, 0.1) is 0 Å². The Morgan fingerprint density at radius 3 is 1.40 bits per heavy atom. The molecule has 0 atom stereocenters. The minimum atomic E-state index is -3.69. The van der Waals surface area contributed by atoms with E-state index in [0.717, 1.165) is 0 Å². The van der Waals surface area contributed by atoms with Crippen molar-refractivity contribution in [2.75, 3.05) is 0 Å². The second-order valence-corrected chi connectivity index (χ2v) is 0.981. The van der Waals surface area contributed by atoms with Crippen LogP contribution in [0.3, 0.4) is 0 Å². The molecule has 0 bridgehead atoms. The van der Waals surface area contributed by atoms with Crippen molar-refractivity contribution < 1.29 is 26.8 Å². The van der Waals surface area contributed by atoms with Gasteiger partial charge in [-0.05, 0) is 0 Å². The van der Waals surface area contributed by atoms with Crippen LogP contribution in [0, 0.1) is 0 Å². The Hall–Kier alpha value is 1.07. The van der Waals surface area contributed by atoms with Crippen LogP contribution in [0.1, 0.15) is 0 Å². The van der Waals surface area contributed by atoms with Gasteiger partial charge in [0.15, 0.2) is 0 Å². The average molecular weight is 309 g/mol. The van der Waals surface area contributed by atoms with Crippen LogP contribution in [0.5, 0.6) is 0 Å². The van der Waals surface area contributed by atoms with Crippen LogP contribution in [-0.2, 0) is 22.7 Å². The van der Waals surface area contributed by atoms with Crippen LogP contribution in [0.4, 0.5) is 0 Å². The van der Waals surface area contributed by atoms with Gasteiger partial charge in [0.1, 0.15) is 0 Å². The van der Waals surface area contributed by atoms with Crippen molar-refractivity contribution in [2.24, 2.45) is 0 Å². The van der Waals surface area contributed by atoms with E-state index in [2.05, 4.69) is 0 Å². The minimum absolute atomic E-state index is 0. The summed E-state index contributed by atoms with van der Waals surface area (Å²) in [4.78, 5) is 0. The first-order chi connectivity index (χ1) is 1.73. The van der Waals surface area contributed by atoms with Gasteiger partial charge in [-0.1, -0.05) is 0 Å². The second kappa shape index (κ2) is 5.07. The number of hydrogen-bond acceptors (Lipinski definition) is 2. The normalized spacial score (nSPS) is 5.00. The Balaban J connectivity index is 0. The molecule has 0 saturated carbocycles. The van der Waals surface area contributed by atoms with Gasteiger partial charge >= 0.3 is 54.1 Å². The van der Waals surface area contributed by atoms with E-state index >= 15 is 0 Å². The predicted octanol–water partition coefficient (Wildman–Crippen LogP) is -1.71. The summed E-state index contributed by atoms with van der Waals surface area (Å²) in [5.74, 6) is 0. The van der Waals surface area contributed by atoms with Crippen LogP contribution in [-0.4, -0.2) is 31.3 Å². The molecule has 0 spiro atoms. The zero-order valence-corrected chi connectivity index (χ0v) is 9.31. The first kappa shape index (κ1) is 9.42. The molecule has 5 heavy (non-hydrogen) atoms. The van der Waals surface area contributed by atoms with Crippen LogP contribution >= 0.6 is 0 Å². The fraction of sp³-hybridized carbons (Fsp3) is 0. The summed E-state index contributed by atoms with van der Waals surface area (Å²) in [7, 11) is 0. The van der Waals surface area contributed by atoms with Gasteiger partial charge in [-0.3, -0.25) is 0 Å². The molecule has 0 aliphatic rings. The summed E-state index contributed by atoms with van der Waals surface area (Å²) in [6.07, 6.45) is 0. The molecule has 0 saturated heterocycles. The molecule has 0 aromatic heterocycles. The third kappa shape index (κ3) is 41.9.